The summed E-state index contributed by atoms with van der Waals surface area (Å²) in [6.45, 7) is 4.51. The molecule has 1 aliphatic carbocycles. The summed E-state index contributed by atoms with van der Waals surface area (Å²) < 4.78 is 11.1. The smallest absolute Gasteiger partial charge is 0.319 e. The third kappa shape index (κ3) is 3.51. The van der Waals surface area contributed by atoms with Gasteiger partial charge in [0.2, 0.25) is 11.8 Å². The average molecular weight is 295 g/mol. The van der Waals surface area contributed by atoms with Crippen LogP contribution < -0.4 is 15.5 Å². The van der Waals surface area contributed by atoms with Crippen molar-refractivity contribution in [1.82, 2.24) is 20.8 Å². The Bertz CT molecular complexity index is 488. The second kappa shape index (κ2) is 6.40. The number of rotatable bonds is 6. The van der Waals surface area contributed by atoms with Gasteiger partial charge in [0.25, 0.3) is 0 Å². The van der Waals surface area contributed by atoms with Gasteiger partial charge < -0.3 is 24.7 Å². The molecule has 8 heteroatoms. The number of carbonyl (C=O) groups is 1. The van der Waals surface area contributed by atoms with Crippen LogP contribution in [0.2, 0.25) is 0 Å². The molecule has 0 aromatic carbocycles. The highest BCUT2D eigenvalue weighted by atomic mass is 16.5. The number of carbonyl (C=O) groups excluding carboxylic acids is 1. The highest BCUT2D eigenvalue weighted by Gasteiger charge is 2.32. The Kier molecular flexibility index (Phi) is 4.35. The van der Waals surface area contributed by atoms with Crippen molar-refractivity contribution in [3.8, 4) is 0 Å². The molecule has 1 aromatic heterocycles. The molecule has 2 fully saturated rings. The summed E-state index contributed by atoms with van der Waals surface area (Å²) in [5.74, 6) is 0.478. The molecule has 21 heavy (non-hydrogen) atoms. The summed E-state index contributed by atoms with van der Waals surface area (Å²) in [6.07, 6.45) is 2.42. The van der Waals surface area contributed by atoms with E-state index in [1.54, 1.807) is 0 Å². The highest BCUT2D eigenvalue weighted by molar-refractivity contribution is 5.84. The first kappa shape index (κ1) is 14.3. The largest absolute Gasteiger partial charge is 0.407 e. The molecule has 0 spiro atoms. The van der Waals surface area contributed by atoms with Crippen molar-refractivity contribution >= 4 is 11.9 Å². The Labute approximate surface area is 123 Å². The van der Waals surface area contributed by atoms with Crippen molar-refractivity contribution in [2.45, 2.75) is 38.4 Å². The molecular formula is C13H21N5O3. The first-order chi connectivity index (χ1) is 10.3. The number of nitrogens with zero attached hydrogens (tertiary/aromatic N) is 3. The first-order valence-corrected chi connectivity index (χ1v) is 7.45. The third-order valence-corrected chi connectivity index (χ3v) is 3.60. The monoisotopic (exact) mass is 295 g/mol. The molecule has 0 bridgehead atoms. The van der Waals surface area contributed by atoms with Gasteiger partial charge in [-0.25, -0.2) is 0 Å². The SMILES string of the molecule is CCNC(=O)C1COCCN1c1nnc(CNC2CC2)o1. The number of aromatic nitrogens is 2. The van der Waals surface area contributed by atoms with Gasteiger partial charge in [0.1, 0.15) is 6.04 Å². The first-order valence-electron chi connectivity index (χ1n) is 7.45. The number of likely N-dealkylation sites (N-methyl/N-ethyl adjacent to an activating group) is 1. The van der Waals surface area contributed by atoms with Gasteiger partial charge >= 0.3 is 6.01 Å². The van der Waals surface area contributed by atoms with E-state index in [1.807, 2.05) is 11.8 Å². The van der Waals surface area contributed by atoms with Crippen LogP contribution in [0.15, 0.2) is 4.42 Å². The van der Waals surface area contributed by atoms with E-state index in [1.165, 1.54) is 12.8 Å². The standard InChI is InChI=1S/C13H21N5O3/c1-2-14-12(19)10-8-20-6-5-18(10)13-17-16-11(21-13)7-15-9-3-4-9/h9-10,15H,2-8H2,1H3,(H,14,19). The van der Waals surface area contributed by atoms with Crippen LogP contribution in [-0.4, -0.2) is 54.5 Å². The predicted molar refractivity (Wildman–Crippen MR) is 74.8 cm³/mol. The molecule has 2 heterocycles. The van der Waals surface area contributed by atoms with Crippen molar-refractivity contribution in [3.05, 3.63) is 5.89 Å². The fourth-order valence-electron chi connectivity index (χ4n) is 2.29. The lowest BCUT2D eigenvalue weighted by molar-refractivity contribution is -0.124. The number of amides is 1. The predicted octanol–water partition coefficient (Wildman–Crippen LogP) is -0.337. The van der Waals surface area contributed by atoms with E-state index in [-0.39, 0.29) is 5.91 Å². The zero-order valence-electron chi connectivity index (χ0n) is 12.2. The Morgan fingerprint density at radius 2 is 2.29 bits per heavy atom. The molecule has 0 radical (unpaired) electrons. The zero-order chi connectivity index (χ0) is 14.7. The Morgan fingerprint density at radius 3 is 3.05 bits per heavy atom. The summed E-state index contributed by atoms with van der Waals surface area (Å²) >= 11 is 0. The molecule has 1 amide bonds. The van der Waals surface area contributed by atoms with Crippen LogP contribution in [0.1, 0.15) is 25.7 Å². The van der Waals surface area contributed by atoms with Crippen LogP contribution in [0.3, 0.4) is 0 Å². The van der Waals surface area contributed by atoms with Crippen LogP contribution in [0.5, 0.6) is 0 Å². The molecule has 1 saturated carbocycles. The summed E-state index contributed by atoms with van der Waals surface area (Å²) in [5.41, 5.74) is 0. The molecule has 2 N–H and O–H groups in total. The van der Waals surface area contributed by atoms with Gasteiger partial charge in [-0.3, -0.25) is 4.79 Å². The highest BCUT2D eigenvalue weighted by Crippen LogP contribution is 2.21. The molecule has 2 aliphatic rings. The Morgan fingerprint density at radius 1 is 1.43 bits per heavy atom. The molecule has 1 atom stereocenters. The Hall–Kier alpha value is -1.67. The quantitative estimate of drug-likeness (QED) is 0.742. The summed E-state index contributed by atoms with van der Waals surface area (Å²) in [5, 5.41) is 14.2. The molecule has 1 aromatic rings. The number of morpholine rings is 1. The number of hydrogen-bond donors (Lipinski definition) is 2. The fraction of sp³-hybridized carbons (Fsp3) is 0.769. The molecule has 1 aliphatic heterocycles. The average Bonchev–Trinajstić information content (AvgIpc) is 3.22. The fourth-order valence-corrected chi connectivity index (χ4v) is 2.29. The Balaban J connectivity index is 1.65. The van der Waals surface area contributed by atoms with Crippen molar-refractivity contribution in [2.75, 3.05) is 31.2 Å². The second-order valence-electron chi connectivity index (χ2n) is 5.31. The van der Waals surface area contributed by atoms with Crippen molar-refractivity contribution in [1.29, 1.82) is 0 Å². The summed E-state index contributed by atoms with van der Waals surface area (Å²) in [7, 11) is 0. The maximum Gasteiger partial charge on any atom is 0.319 e. The number of hydrogen-bond acceptors (Lipinski definition) is 7. The van der Waals surface area contributed by atoms with Gasteiger partial charge in [0, 0.05) is 19.1 Å². The van der Waals surface area contributed by atoms with E-state index in [9.17, 15) is 4.79 Å². The molecule has 1 unspecified atom stereocenters. The van der Waals surface area contributed by atoms with Crippen LogP contribution in [0.25, 0.3) is 0 Å². The molecular weight excluding hydrogens is 274 g/mol. The molecule has 8 nitrogen and oxygen atoms in total. The minimum Gasteiger partial charge on any atom is -0.407 e. The van der Waals surface area contributed by atoms with Gasteiger partial charge in [-0.05, 0) is 19.8 Å². The van der Waals surface area contributed by atoms with E-state index in [2.05, 4.69) is 20.8 Å². The van der Waals surface area contributed by atoms with Crippen molar-refractivity contribution in [2.24, 2.45) is 0 Å². The normalized spacial score (nSPS) is 22.3. The van der Waals surface area contributed by atoms with Crippen LogP contribution in [0, 0.1) is 0 Å². The topological polar surface area (TPSA) is 92.5 Å². The number of nitrogens with one attached hydrogen (secondary N) is 2. The van der Waals surface area contributed by atoms with Crippen LogP contribution in [-0.2, 0) is 16.1 Å². The molecule has 3 rings (SSSR count). The zero-order valence-corrected chi connectivity index (χ0v) is 12.2. The maximum atomic E-state index is 12.1. The van der Waals surface area contributed by atoms with E-state index in [4.69, 9.17) is 9.15 Å². The lowest BCUT2D eigenvalue weighted by Gasteiger charge is -2.32. The maximum absolute atomic E-state index is 12.1. The lowest BCUT2D eigenvalue weighted by Crippen LogP contribution is -2.54. The van der Waals surface area contributed by atoms with E-state index in [0.717, 1.165) is 0 Å². The van der Waals surface area contributed by atoms with Crippen molar-refractivity contribution < 1.29 is 13.9 Å². The molecule has 1 saturated heterocycles. The van der Waals surface area contributed by atoms with Gasteiger partial charge in [0.15, 0.2) is 0 Å². The van der Waals surface area contributed by atoms with E-state index in [0.29, 0.717) is 50.8 Å². The van der Waals surface area contributed by atoms with Crippen LogP contribution >= 0.6 is 0 Å². The minimum atomic E-state index is -0.414. The summed E-state index contributed by atoms with van der Waals surface area (Å²) in [6, 6.07) is 0.567. The van der Waals surface area contributed by atoms with Gasteiger partial charge in [0.05, 0.1) is 19.8 Å². The van der Waals surface area contributed by atoms with E-state index >= 15 is 0 Å². The van der Waals surface area contributed by atoms with Gasteiger partial charge in [-0.2, -0.15) is 0 Å². The lowest BCUT2D eigenvalue weighted by atomic mass is 10.2. The van der Waals surface area contributed by atoms with Gasteiger partial charge in [-0.1, -0.05) is 5.10 Å². The van der Waals surface area contributed by atoms with E-state index < -0.39 is 6.04 Å². The third-order valence-electron chi connectivity index (χ3n) is 3.60. The molecule has 116 valence electrons. The summed E-state index contributed by atoms with van der Waals surface area (Å²) in [4.78, 5) is 13.9. The van der Waals surface area contributed by atoms with Crippen LogP contribution in [0.4, 0.5) is 6.01 Å². The number of ether oxygens (including phenoxy) is 1. The minimum absolute atomic E-state index is 0.0759. The van der Waals surface area contributed by atoms with Crippen molar-refractivity contribution in [3.63, 3.8) is 0 Å². The van der Waals surface area contributed by atoms with Gasteiger partial charge in [-0.15, -0.1) is 5.10 Å². The number of anilines is 1. The second-order valence-corrected chi connectivity index (χ2v) is 5.31.